The van der Waals surface area contributed by atoms with Gasteiger partial charge in [0.15, 0.2) is 11.9 Å². The third-order valence-electron chi connectivity index (χ3n) is 2.97. The maximum atomic E-state index is 9.49. The van der Waals surface area contributed by atoms with Crippen molar-refractivity contribution in [2.24, 2.45) is 0 Å². The molecule has 0 bridgehead atoms. The number of ether oxygens (including phenoxy) is 1. The minimum atomic E-state index is -0.216. The minimum Gasteiger partial charge on any atom is -0.508 e. The summed E-state index contributed by atoms with van der Waals surface area (Å²) in [6.07, 6.45) is 6.91. The molecule has 0 aliphatic carbocycles. The molecular formula is C15H19N3O2. The van der Waals surface area contributed by atoms with Crippen molar-refractivity contribution in [2.75, 3.05) is 0 Å². The average molecular weight is 273 g/mol. The van der Waals surface area contributed by atoms with Crippen LogP contribution in [0.1, 0.15) is 44.5 Å². The van der Waals surface area contributed by atoms with Crippen LogP contribution in [-0.4, -0.2) is 20.1 Å². The van der Waals surface area contributed by atoms with Gasteiger partial charge < -0.3 is 9.84 Å². The highest BCUT2D eigenvalue weighted by Gasteiger charge is 2.16. The van der Waals surface area contributed by atoms with E-state index in [2.05, 4.69) is 21.9 Å². The first-order valence-corrected chi connectivity index (χ1v) is 6.87. The van der Waals surface area contributed by atoms with Crippen molar-refractivity contribution in [1.82, 2.24) is 15.0 Å². The number of aromatic hydroxyl groups is 1. The van der Waals surface area contributed by atoms with Gasteiger partial charge in [-0.2, -0.15) is 0 Å². The molecule has 1 unspecified atom stereocenters. The number of phenols is 1. The van der Waals surface area contributed by atoms with E-state index in [1.165, 1.54) is 12.7 Å². The number of hydrogen-bond acceptors (Lipinski definition) is 5. The zero-order valence-corrected chi connectivity index (χ0v) is 11.6. The number of aromatic nitrogens is 3. The highest BCUT2D eigenvalue weighted by atomic mass is 16.5. The van der Waals surface area contributed by atoms with E-state index < -0.39 is 0 Å². The Morgan fingerprint density at radius 2 is 2.00 bits per heavy atom. The third-order valence-corrected chi connectivity index (χ3v) is 2.97. The van der Waals surface area contributed by atoms with Crippen molar-refractivity contribution in [3.63, 3.8) is 0 Å². The molecule has 5 heteroatoms. The van der Waals surface area contributed by atoms with Gasteiger partial charge in [-0.05, 0) is 25.0 Å². The van der Waals surface area contributed by atoms with Crippen molar-refractivity contribution in [3.05, 3.63) is 42.7 Å². The molecule has 5 nitrogen and oxygen atoms in total. The number of unbranched alkanes of at least 4 members (excludes halogenated alkanes) is 2. The lowest BCUT2D eigenvalue weighted by molar-refractivity contribution is 0.180. The Morgan fingerprint density at radius 3 is 2.70 bits per heavy atom. The molecule has 1 atom stereocenters. The van der Waals surface area contributed by atoms with Gasteiger partial charge in [0.1, 0.15) is 24.2 Å². The summed E-state index contributed by atoms with van der Waals surface area (Å²) in [5.41, 5.74) is 0. The molecule has 2 rings (SSSR count). The zero-order chi connectivity index (χ0) is 14.2. The first-order chi connectivity index (χ1) is 9.79. The number of phenolic OH excluding ortho intramolecular Hbond substituents is 1. The molecular weight excluding hydrogens is 254 g/mol. The molecule has 0 aliphatic heterocycles. The maximum absolute atomic E-state index is 9.49. The van der Waals surface area contributed by atoms with Crippen molar-refractivity contribution >= 4 is 0 Å². The summed E-state index contributed by atoms with van der Waals surface area (Å²) in [7, 11) is 0. The Balaban J connectivity index is 2.10. The molecule has 0 amide bonds. The predicted octanol–water partition coefficient (Wildman–Crippen LogP) is 3.28. The SMILES string of the molecule is CCCCCC(Oc1cccc(O)c1)c1ncncn1. The molecule has 0 radical (unpaired) electrons. The summed E-state index contributed by atoms with van der Waals surface area (Å²) in [5.74, 6) is 1.43. The fraction of sp³-hybridized carbons (Fsp3) is 0.400. The Hall–Kier alpha value is -2.17. The molecule has 0 saturated carbocycles. The number of benzene rings is 1. The number of rotatable bonds is 7. The van der Waals surface area contributed by atoms with Crippen molar-refractivity contribution in [3.8, 4) is 11.5 Å². The first-order valence-electron chi connectivity index (χ1n) is 6.87. The zero-order valence-electron chi connectivity index (χ0n) is 11.6. The van der Waals surface area contributed by atoms with E-state index in [1.807, 2.05) is 6.07 Å². The van der Waals surface area contributed by atoms with E-state index in [0.29, 0.717) is 11.6 Å². The number of hydrogen-bond donors (Lipinski definition) is 1. The second kappa shape index (κ2) is 7.43. The standard InChI is InChI=1S/C15H19N3O2/c1-2-3-4-8-14(15-17-10-16-11-18-15)20-13-7-5-6-12(19)9-13/h5-7,9-11,14,19H,2-4,8H2,1H3. The highest BCUT2D eigenvalue weighted by molar-refractivity contribution is 5.32. The van der Waals surface area contributed by atoms with Gasteiger partial charge in [-0.15, -0.1) is 0 Å². The molecule has 0 spiro atoms. The number of nitrogens with zero attached hydrogens (tertiary/aromatic N) is 3. The van der Waals surface area contributed by atoms with E-state index in [4.69, 9.17) is 4.74 Å². The van der Waals surface area contributed by atoms with Crippen LogP contribution in [0.3, 0.4) is 0 Å². The quantitative estimate of drug-likeness (QED) is 0.784. The van der Waals surface area contributed by atoms with Gasteiger partial charge in [-0.1, -0.05) is 25.8 Å². The molecule has 0 aliphatic rings. The average Bonchev–Trinajstić information content (AvgIpc) is 2.47. The lowest BCUT2D eigenvalue weighted by atomic mass is 10.1. The van der Waals surface area contributed by atoms with Gasteiger partial charge >= 0.3 is 0 Å². The highest BCUT2D eigenvalue weighted by Crippen LogP contribution is 2.26. The van der Waals surface area contributed by atoms with E-state index in [9.17, 15) is 5.11 Å². The topological polar surface area (TPSA) is 68.1 Å². The lowest BCUT2D eigenvalue weighted by Gasteiger charge is -2.17. The normalized spacial score (nSPS) is 12.1. The largest absolute Gasteiger partial charge is 0.508 e. The summed E-state index contributed by atoms with van der Waals surface area (Å²) in [6, 6.07) is 6.77. The Labute approximate surface area is 118 Å². The van der Waals surface area contributed by atoms with Gasteiger partial charge in [0.25, 0.3) is 0 Å². The van der Waals surface area contributed by atoms with Crippen LogP contribution in [0.5, 0.6) is 11.5 Å². The maximum Gasteiger partial charge on any atom is 0.172 e. The molecule has 1 aromatic heterocycles. The molecule has 20 heavy (non-hydrogen) atoms. The van der Waals surface area contributed by atoms with Gasteiger partial charge in [-0.3, -0.25) is 0 Å². The first kappa shape index (κ1) is 14.2. The van der Waals surface area contributed by atoms with Crippen LogP contribution >= 0.6 is 0 Å². The fourth-order valence-corrected chi connectivity index (χ4v) is 1.96. The van der Waals surface area contributed by atoms with Crippen molar-refractivity contribution < 1.29 is 9.84 Å². The van der Waals surface area contributed by atoms with Crippen LogP contribution in [0, 0.1) is 0 Å². The van der Waals surface area contributed by atoms with Crippen LogP contribution in [-0.2, 0) is 0 Å². The van der Waals surface area contributed by atoms with Crippen molar-refractivity contribution in [1.29, 1.82) is 0 Å². The van der Waals surface area contributed by atoms with E-state index in [1.54, 1.807) is 18.2 Å². The lowest BCUT2D eigenvalue weighted by Crippen LogP contribution is -2.11. The molecule has 1 heterocycles. The van der Waals surface area contributed by atoms with Crippen LogP contribution < -0.4 is 4.74 Å². The fourth-order valence-electron chi connectivity index (χ4n) is 1.96. The predicted molar refractivity (Wildman–Crippen MR) is 75.4 cm³/mol. The Kier molecular flexibility index (Phi) is 5.29. The van der Waals surface area contributed by atoms with Crippen molar-refractivity contribution in [2.45, 2.75) is 38.7 Å². The Bertz CT molecular complexity index is 520. The van der Waals surface area contributed by atoms with Gasteiger partial charge in [0.05, 0.1) is 0 Å². The van der Waals surface area contributed by atoms with E-state index in [-0.39, 0.29) is 11.9 Å². The molecule has 1 N–H and O–H groups in total. The van der Waals surface area contributed by atoms with E-state index in [0.717, 1.165) is 25.7 Å². The van der Waals surface area contributed by atoms with Gasteiger partial charge in [-0.25, -0.2) is 15.0 Å². The van der Waals surface area contributed by atoms with Crippen LogP contribution in [0.4, 0.5) is 0 Å². The summed E-state index contributed by atoms with van der Waals surface area (Å²) in [4.78, 5) is 12.2. The summed E-state index contributed by atoms with van der Waals surface area (Å²) in [6.45, 7) is 2.16. The smallest absolute Gasteiger partial charge is 0.172 e. The molecule has 1 aromatic carbocycles. The van der Waals surface area contributed by atoms with Crippen LogP contribution in [0.25, 0.3) is 0 Å². The monoisotopic (exact) mass is 273 g/mol. The van der Waals surface area contributed by atoms with E-state index >= 15 is 0 Å². The second-order valence-corrected chi connectivity index (χ2v) is 4.60. The molecule has 106 valence electrons. The summed E-state index contributed by atoms with van der Waals surface area (Å²) in [5, 5.41) is 9.49. The summed E-state index contributed by atoms with van der Waals surface area (Å²) < 4.78 is 5.92. The molecule has 0 saturated heterocycles. The molecule has 2 aromatic rings. The summed E-state index contributed by atoms with van der Waals surface area (Å²) >= 11 is 0. The van der Waals surface area contributed by atoms with Crippen LogP contribution in [0.15, 0.2) is 36.9 Å². The van der Waals surface area contributed by atoms with Crippen LogP contribution in [0.2, 0.25) is 0 Å². The van der Waals surface area contributed by atoms with Gasteiger partial charge in [0.2, 0.25) is 0 Å². The molecule has 0 fully saturated rings. The third kappa shape index (κ3) is 4.19. The second-order valence-electron chi connectivity index (χ2n) is 4.60. The Morgan fingerprint density at radius 1 is 1.20 bits per heavy atom. The van der Waals surface area contributed by atoms with Gasteiger partial charge in [0, 0.05) is 6.07 Å². The minimum absolute atomic E-state index is 0.186.